The highest BCUT2D eigenvalue weighted by molar-refractivity contribution is 4.83. The second-order valence-corrected chi connectivity index (χ2v) is 4.82. The summed E-state index contributed by atoms with van der Waals surface area (Å²) in [6, 6.07) is 0. The fraction of sp³-hybridized carbons (Fsp3) is 1.00. The fourth-order valence-electron chi connectivity index (χ4n) is 2.15. The Bertz CT molecular complexity index is 165. The zero-order valence-electron chi connectivity index (χ0n) is 10.1. The van der Waals surface area contributed by atoms with Crippen molar-refractivity contribution in [2.24, 2.45) is 0 Å². The zero-order chi connectivity index (χ0) is 11.1. The molecule has 0 aromatic rings. The van der Waals surface area contributed by atoms with Gasteiger partial charge >= 0.3 is 0 Å². The number of aliphatic hydroxyl groups is 1. The standard InChI is InChI=1S/C12H25NO2/c1-11(15-2)9-13-10-12(14)7-5-3-4-6-8-12/h11,13-14H,3-10H2,1-2H3. The monoisotopic (exact) mass is 215 g/mol. The smallest absolute Gasteiger partial charge is 0.0771 e. The van der Waals surface area contributed by atoms with Gasteiger partial charge in [0.1, 0.15) is 0 Å². The van der Waals surface area contributed by atoms with E-state index in [1.165, 1.54) is 12.8 Å². The Balaban J connectivity index is 2.22. The summed E-state index contributed by atoms with van der Waals surface area (Å²) in [5.41, 5.74) is -0.468. The average Bonchev–Trinajstić information content (AvgIpc) is 2.43. The van der Waals surface area contributed by atoms with E-state index in [2.05, 4.69) is 5.32 Å². The quantitative estimate of drug-likeness (QED) is 0.686. The molecule has 3 heteroatoms. The van der Waals surface area contributed by atoms with Gasteiger partial charge in [-0.3, -0.25) is 0 Å². The Morgan fingerprint density at radius 2 is 1.87 bits per heavy atom. The SMILES string of the molecule is COC(C)CNCC1(O)CCCCCC1. The van der Waals surface area contributed by atoms with Crippen molar-refractivity contribution in [3.63, 3.8) is 0 Å². The Kier molecular flexibility index (Phi) is 5.58. The number of ether oxygens (including phenoxy) is 1. The second-order valence-electron chi connectivity index (χ2n) is 4.82. The van der Waals surface area contributed by atoms with Crippen molar-refractivity contribution in [2.45, 2.75) is 57.2 Å². The summed E-state index contributed by atoms with van der Waals surface area (Å²) in [6.45, 7) is 3.56. The number of hydrogen-bond donors (Lipinski definition) is 2. The van der Waals surface area contributed by atoms with Crippen LogP contribution in [-0.2, 0) is 4.74 Å². The average molecular weight is 215 g/mol. The molecule has 0 spiro atoms. The van der Waals surface area contributed by atoms with Crippen LogP contribution < -0.4 is 5.32 Å². The van der Waals surface area contributed by atoms with Gasteiger partial charge in [-0.15, -0.1) is 0 Å². The molecule has 0 amide bonds. The van der Waals surface area contributed by atoms with E-state index in [1.807, 2.05) is 6.92 Å². The molecule has 0 aromatic heterocycles. The highest BCUT2D eigenvalue weighted by atomic mass is 16.5. The molecule has 1 aliphatic carbocycles. The van der Waals surface area contributed by atoms with Crippen LogP contribution in [0.5, 0.6) is 0 Å². The van der Waals surface area contributed by atoms with Crippen molar-refractivity contribution in [1.29, 1.82) is 0 Å². The molecule has 1 saturated carbocycles. The zero-order valence-corrected chi connectivity index (χ0v) is 10.1. The van der Waals surface area contributed by atoms with Crippen molar-refractivity contribution in [3.05, 3.63) is 0 Å². The van der Waals surface area contributed by atoms with Crippen LogP contribution in [0, 0.1) is 0 Å². The molecular weight excluding hydrogens is 190 g/mol. The number of methoxy groups -OCH3 is 1. The van der Waals surface area contributed by atoms with E-state index < -0.39 is 5.60 Å². The minimum absolute atomic E-state index is 0.222. The molecule has 0 heterocycles. The van der Waals surface area contributed by atoms with E-state index in [-0.39, 0.29) is 6.10 Å². The molecule has 3 nitrogen and oxygen atoms in total. The topological polar surface area (TPSA) is 41.5 Å². The van der Waals surface area contributed by atoms with Crippen LogP contribution >= 0.6 is 0 Å². The number of nitrogens with one attached hydrogen (secondary N) is 1. The van der Waals surface area contributed by atoms with Crippen LogP contribution in [0.25, 0.3) is 0 Å². The normalized spacial score (nSPS) is 23.4. The van der Waals surface area contributed by atoms with Gasteiger partial charge in [0.2, 0.25) is 0 Å². The molecule has 0 aliphatic heterocycles. The maximum absolute atomic E-state index is 10.3. The number of hydrogen-bond acceptors (Lipinski definition) is 3. The molecular formula is C12H25NO2. The van der Waals surface area contributed by atoms with Gasteiger partial charge in [0, 0.05) is 20.2 Å². The largest absolute Gasteiger partial charge is 0.389 e. The summed E-state index contributed by atoms with van der Waals surface area (Å²) in [6.07, 6.45) is 6.99. The van der Waals surface area contributed by atoms with Gasteiger partial charge in [-0.25, -0.2) is 0 Å². The predicted molar refractivity (Wildman–Crippen MR) is 62.0 cm³/mol. The summed E-state index contributed by atoms with van der Waals surface area (Å²) < 4.78 is 5.15. The van der Waals surface area contributed by atoms with Crippen molar-refractivity contribution in [3.8, 4) is 0 Å². The first kappa shape index (κ1) is 12.9. The highest BCUT2D eigenvalue weighted by Crippen LogP contribution is 2.26. The molecule has 1 unspecified atom stereocenters. The van der Waals surface area contributed by atoms with E-state index in [1.54, 1.807) is 7.11 Å². The lowest BCUT2D eigenvalue weighted by atomic mass is 9.94. The molecule has 0 bridgehead atoms. The summed E-state index contributed by atoms with van der Waals surface area (Å²) in [7, 11) is 1.71. The van der Waals surface area contributed by atoms with Gasteiger partial charge in [0.15, 0.2) is 0 Å². The Hall–Kier alpha value is -0.120. The number of rotatable bonds is 5. The van der Waals surface area contributed by atoms with Crippen molar-refractivity contribution < 1.29 is 9.84 Å². The van der Waals surface area contributed by atoms with Gasteiger partial charge in [-0.2, -0.15) is 0 Å². The third-order valence-corrected chi connectivity index (χ3v) is 3.32. The van der Waals surface area contributed by atoms with Crippen molar-refractivity contribution >= 4 is 0 Å². The third-order valence-electron chi connectivity index (χ3n) is 3.32. The lowest BCUT2D eigenvalue weighted by molar-refractivity contribution is 0.0211. The molecule has 0 aromatic carbocycles. The van der Waals surface area contributed by atoms with E-state index in [4.69, 9.17) is 4.74 Å². The van der Waals surface area contributed by atoms with E-state index >= 15 is 0 Å². The van der Waals surface area contributed by atoms with Crippen LogP contribution in [0.15, 0.2) is 0 Å². The minimum Gasteiger partial charge on any atom is -0.389 e. The van der Waals surface area contributed by atoms with Gasteiger partial charge in [-0.05, 0) is 19.8 Å². The molecule has 2 N–H and O–H groups in total. The fourth-order valence-corrected chi connectivity index (χ4v) is 2.15. The van der Waals surface area contributed by atoms with Crippen LogP contribution in [0.4, 0.5) is 0 Å². The molecule has 15 heavy (non-hydrogen) atoms. The van der Waals surface area contributed by atoms with Crippen LogP contribution in [0.1, 0.15) is 45.4 Å². The van der Waals surface area contributed by atoms with E-state index in [0.717, 1.165) is 32.2 Å². The summed E-state index contributed by atoms with van der Waals surface area (Å²) >= 11 is 0. The first-order chi connectivity index (χ1) is 7.16. The maximum Gasteiger partial charge on any atom is 0.0771 e. The van der Waals surface area contributed by atoms with Gasteiger partial charge < -0.3 is 15.2 Å². The Morgan fingerprint density at radius 3 is 2.40 bits per heavy atom. The lowest BCUT2D eigenvalue weighted by Crippen LogP contribution is -2.42. The first-order valence-electron chi connectivity index (χ1n) is 6.12. The first-order valence-corrected chi connectivity index (χ1v) is 6.12. The molecule has 1 fully saturated rings. The van der Waals surface area contributed by atoms with Crippen LogP contribution in [-0.4, -0.2) is 37.0 Å². The molecule has 1 atom stereocenters. The molecule has 1 rings (SSSR count). The maximum atomic E-state index is 10.3. The summed E-state index contributed by atoms with van der Waals surface area (Å²) in [4.78, 5) is 0. The summed E-state index contributed by atoms with van der Waals surface area (Å²) in [5, 5.41) is 13.6. The molecule has 1 aliphatic rings. The Morgan fingerprint density at radius 1 is 1.27 bits per heavy atom. The predicted octanol–water partition coefficient (Wildman–Crippen LogP) is 1.70. The lowest BCUT2D eigenvalue weighted by Gasteiger charge is -2.27. The van der Waals surface area contributed by atoms with Crippen molar-refractivity contribution in [2.75, 3.05) is 20.2 Å². The van der Waals surface area contributed by atoms with Crippen molar-refractivity contribution in [1.82, 2.24) is 5.32 Å². The van der Waals surface area contributed by atoms with Crippen LogP contribution in [0.2, 0.25) is 0 Å². The minimum atomic E-state index is -0.468. The van der Waals surface area contributed by atoms with E-state index in [9.17, 15) is 5.11 Å². The van der Waals surface area contributed by atoms with Gasteiger partial charge in [0.05, 0.1) is 11.7 Å². The highest BCUT2D eigenvalue weighted by Gasteiger charge is 2.27. The molecule has 90 valence electrons. The van der Waals surface area contributed by atoms with Gasteiger partial charge in [0.25, 0.3) is 0 Å². The molecule has 0 saturated heterocycles. The second kappa shape index (κ2) is 6.46. The Labute approximate surface area is 93.2 Å². The third kappa shape index (κ3) is 4.96. The summed E-state index contributed by atoms with van der Waals surface area (Å²) in [5.74, 6) is 0. The molecule has 0 radical (unpaired) electrons. The van der Waals surface area contributed by atoms with Gasteiger partial charge in [-0.1, -0.05) is 25.7 Å². The van der Waals surface area contributed by atoms with Crippen LogP contribution in [0.3, 0.4) is 0 Å². The van der Waals surface area contributed by atoms with E-state index in [0.29, 0.717) is 6.54 Å².